The Bertz CT molecular complexity index is 863. The Morgan fingerprint density at radius 1 is 1.03 bits per heavy atom. The van der Waals surface area contributed by atoms with Crippen LogP contribution in [0.3, 0.4) is 0 Å². The van der Waals surface area contributed by atoms with E-state index in [0.717, 1.165) is 30.5 Å². The number of aromatic nitrogens is 1. The minimum atomic E-state index is -1.15. The molecule has 2 N–H and O–H groups in total. The maximum absolute atomic E-state index is 11.4. The van der Waals surface area contributed by atoms with E-state index in [1.165, 1.54) is 32.1 Å². The van der Waals surface area contributed by atoms with Crippen molar-refractivity contribution in [2.45, 2.75) is 51.0 Å². The summed E-state index contributed by atoms with van der Waals surface area (Å²) < 4.78 is 0. The molecule has 2 amide bonds. The second kappa shape index (κ2) is 10.6. The molecule has 2 heterocycles. The highest BCUT2D eigenvalue weighted by Crippen LogP contribution is 2.27. The Morgan fingerprint density at radius 2 is 1.73 bits per heavy atom. The normalized spacial score (nSPS) is 16.7. The van der Waals surface area contributed by atoms with Crippen molar-refractivity contribution in [2.24, 2.45) is 0 Å². The number of nitrogens with zero attached hydrogens (tertiary/aromatic N) is 2. The van der Waals surface area contributed by atoms with Gasteiger partial charge < -0.3 is 10.0 Å². The van der Waals surface area contributed by atoms with E-state index in [-0.39, 0.29) is 5.82 Å². The van der Waals surface area contributed by atoms with Crippen LogP contribution in [0.4, 0.5) is 10.6 Å². The Labute approximate surface area is 186 Å². The molecule has 1 aliphatic carbocycles. The summed E-state index contributed by atoms with van der Waals surface area (Å²) in [5, 5.41) is 11.8. The van der Waals surface area contributed by atoms with Crippen LogP contribution in [0.25, 0.3) is 11.1 Å². The predicted molar refractivity (Wildman–Crippen MR) is 119 cm³/mol. The van der Waals surface area contributed by atoms with Crippen LogP contribution in [0.5, 0.6) is 0 Å². The molecule has 30 heavy (non-hydrogen) atoms. The fourth-order valence-electron chi connectivity index (χ4n) is 3.92. The van der Waals surface area contributed by atoms with Gasteiger partial charge in [0.05, 0.1) is 0 Å². The van der Waals surface area contributed by atoms with Crippen LogP contribution in [0, 0.1) is 0 Å². The molecule has 6 nitrogen and oxygen atoms in total. The predicted octanol–water partition coefficient (Wildman–Crippen LogP) is 6.09. The number of pyridine rings is 1. The standard InChI is InChI=1S/C12H8Cl2N2O2.C10H17NO/c13-9-3-8(4-10(14)5-9)7-1-2-11(15-6-7)16-12(17)18;12-10-7-4-8-11(10)9-5-2-1-3-6-9/h1-6H,(H,15,16)(H,17,18);9H,1-8H2. The van der Waals surface area contributed by atoms with Crippen molar-refractivity contribution in [3.63, 3.8) is 0 Å². The van der Waals surface area contributed by atoms with Crippen molar-refractivity contribution in [2.75, 3.05) is 11.9 Å². The van der Waals surface area contributed by atoms with Crippen molar-refractivity contribution < 1.29 is 14.7 Å². The van der Waals surface area contributed by atoms with Gasteiger partial charge in [-0.25, -0.2) is 9.78 Å². The highest BCUT2D eigenvalue weighted by atomic mass is 35.5. The first kappa shape index (κ1) is 22.4. The second-order valence-corrected chi connectivity index (χ2v) is 8.38. The van der Waals surface area contributed by atoms with Crippen molar-refractivity contribution in [3.05, 3.63) is 46.6 Å². The Kier molecular flexibility index (Phi) is 7.94. The van der Waals surface area contributed by atoms with E-state index in [2.05, 4.69) is 15.2 Å². The molecule has 0 atom stereocenters. The minimum absolute atomic E-state index is 0.263. The zero-order chi connectivity index (χ0) is 21.5. The average molecular weight is 450 g/mol. The van der Waals surface area contributed by atoms with Crippen LogP contribution in [0.1, 0.15) is 44.9 Å². The molecule has 1 aromatic heterocycles. The second-order valence-electron chi connectivity index (χ2n) is 7.50. The number of rotatable bonds is 3. The lowest BCUT2D eigenvalue weighted by Crippen LogP contribution is -2.37. The molecule has 8 heteroatoms. The third kappa shape index (κ3) is 6.34. The smallest absolute Gasteiger partial charge is 0.410 e. The number of benzene rings is 1. The summed E-state index contributed by atoms with van der Waals surface area (Å²) in [6.07, 6.45) is 8.83. The highest BCUT2D eigenvalue weighted by Gasteiger charge is 2.28. The Morgan fingerprint density at radius 3 is 2.27 bits per heavy atom. The first-order chi connectivity index (χ1) is 14.4. The van der Waals surface area contributed by atoms with Crippen LogP contribution in [0.15, 0.2) is 36.5 Å². The van der Waals surface area contributed by atoms with E-state index in [0.29, 0.717) is 22.0 Å². The molecule has 0 radical (unpaired) electrons. The Balaban J connectivity index is 0.000000184. The van der Waals surface area contributed by atoms with Gasteiger partial charge in [-0.2, -0.15) is 0 Å². The van der Waals surface area contributed by atoms with Gasteiger partial charge in [-0.3, -0.25) is 10.1 Å². The zero-order valence-electron chi connectivity index (χ0n) is 16.6. The zero-order valence-corrected chi connectivity index (χ0v) is 18.1. The molecule has 2 fully saturated rings. The fourth-order valence-corrected chi connectivity index (χ4v) is 4.44. The number of nitrogens with one attached hydrogen (secondary N) is 1. The molecule has 4 rings (SSSR count). The molecular formula is C22H25Cl2N3O3. The number of carboxylic acid groups (broad SMARTS) is 1. The van der Waals surface area contributed by atoms with Crippen molar-refractivity contribution in [1.29, 1.82) is 0 Å². The summed E-state index contributed by atoms with van der Waals surface area (Å²) in [4.78, 5) is 27.9. The van der Waals surface area contributed by atoms with Gasteiger partial charge in [0.1, 0.15) is 5.82 Å². The number of anilines is 1. The lowest BCUT2D eigenvalue weighted by atomic mass is 9.94. The molecule has 2 aliphatic rings. The summed E-state index contributed by atoms with van der Waals surface area (Å²) >= 11 is 11.8. The van der Waals surface area contributed by atoms with Crippen molar-refractivity contribution in [3.8, 4) is 11.1 Å². The number of hydrogen-bond acceptors (Lipinski definition) is 3. The third-order valence-corrected chi connectivity index (χ3v) is 5.76. The SMILES string of the molecule is O=C(O)Nc1ccc(-c2cc(Cl)cc(Cl)c2)cn1.O=C1CCCN1C1CCCCC1. The largest absolute Gasteiger partial charge is 0.465 e. The van der Waals surface area contributed by atoms with Crippen molar-refractivity contribution in [1.82, 2.24) is 9.88 Å². The number of halogens is 2. The van der Waals surface area contributed by atoms with Gasteiger partial charge in [-0.1, -0.05) is 42.5 Å². The summed E-state index contributed by atoms with van der Waals surface area (Å²) in [6.45, 7) is 1.03. The summed E-state index contributed by atoms with van der Waals surface area (Å²) in [5.41, 5.74) is 1.62. The summed E-state index contributed by atoms with van der Waals surface area (Å²) in [6, 6.07) is 9.07. The number of amides is 2. The topological polar surface area (TPSA) is 82.5 Å². The lowest BCUT2D eigenvalue weighted by Gasteiger charge is -2.30. The average Bonchev–Trinajstić information content (AvgIpc) is 3.14. The van der Waals surface area contributed by atoms with Crippen LogP contribution >= 0.6 is 23.2 Å². The van der Waals surface area contributed by atoms with Crippen LogP contribution in [0.2, 0.25) is 10.0 Å². The van der Waals surface area contributed by atoms with Gasteiger partial charge in [0.25, 0.3) is 0 Å². The van der Waals surface area contributed by atoms with E-state index < -0.39 is 6.09 Å². The maximum Gasteiger partial charge on any atom is 0.410 e. The van der Waals surface area contributed by atoms with Gasteiger partial charge in [0.2, 0.25) is 5.91 Å². The molecule has 0 spiro atoms. The van der Waals surface area contributed by atoms with Crippen molar-refractivity contribution >= 4 is 41.0 Å². The molecule has 0 bridgehead atoms. The molecule has 1 aromatic carbocycles. The molecule has 0 unspecified atom stereocenters. The molecule has 1 saturated carbocycles. The van der Waals surface area contributed by atoms with Gasteiger partial charge in [-0.05, 0) is 55.2 Å². The molecule has 160 valence electrons. The van der Waals surface area contributed by atoms with Gasteiger partial charge in [0.15, 0.2) is 0 Å². The van der Waals surface area contributed by atoms with Crippen LogP contribution in [-0.4, -0.2) is 39.6 Å². The number of carbonyl (C=O) groups is 2. The van der Waals surface area contributed by atoms with E-state index in [9.17, 15) is 9.59 Å². The van der Waals surface area contributed by atoms with Crippen LogP contribution in [-0.2, 0) is 4.79 Å². The number of likely N-dealkylation sites (tertiary alicyclic amines) is 1. The van der Waals surface area contributed by atoms with E-state index in [4.69, 9.17) is 28.3 Å². The maximum atomic E-state index is 11.4. The molecule has 1 aliphatic heterocycles. The fraction of sp³-hybridized carbons (Fsp3) is 0.409. The summed E-state index contributed by atoms with van der Waals surface area (Å²) in [5.74, 6) is 0.668. The molecule has 2 aromatic rings. The van der Waals surface area contributed by atoms with Gasteiger partial charge in [-0.15, -0.1) is 0 Å². The van der Waals surface area contributed by atoms with Gasteiger partial charge in [0, 0.05) is 40.8 Å². The lowest BCUT2D eigenvalue weighted by molar-refractivity contribution is -0.130. The first-order valence-corrected chi connectivity index (χ1v) is 10.9. The number of hydrogen-bond donors (Lipinski definition) is 2. The van der Waals surface area contributed by atoms with Crippen LogP contribution < -0.4 is 5.32 Å². The van der Waals surface area contributed by atoms with E-state index >= 15 is 0 Å². The summed E-state index contributed by atoms with van der Waals surface area (Å²) in [7, 11) is 0. The quantitative estimate of drug-likeness (QED) is 0.593. The highest BCUT2D eigenvalue weighted by molar-refractivity contribution is 6.35. The minimum Gasteiger partial charge on any atom is -0.465 e. The van der Waals surface area contributed by atoms with E-state index in [1.54, 1.807) is 36.5 Å². The number of carbonyl (C=O) groups excluding carboxylic acids is 1. The third-order valence-electron chi connectivity index (χ3n) is 5.32. The van der Waals surface area contributed by atoms with E-state index in [1.807, 2.05) is 0 Å². The Hall–Kier alpha value is -2.31. The monoisotopic (exact) mass is 449 g/mol. The van der Waals surface area contributed by atoms with Gasteiger partial charge >= 0.3 is 6.09 Å². The first-order valence-electron chi connectivity index (χ1n) is 10.1. The molecular weight excluding hydrogens is 425 g/mol. The molecule has 1 saturated heterocycles.